The van der Waals surface area contributed by atoms with E-state index < -0.39 is 11.1 Å². The van der Waals surface area contributed by atoms with Gasteiger partial charge >= 0.3 is 0 Å². The van der Waals surface area contributed by atoms with Crippen LogP contribution in [0.4, 0.5) is 14.9 Å². The number of anilines is 1. The van der Waals surface area contributed by atoms with E-state index in [1.54, 1.807) is 0 Å². The maximum atomic E-state index is 12.6. The van der Waals surface area contributed by atoms with Crippen LogP contribution in [-0.4, -0.2) is 5.24 Å². The van der Waals surface area contributed by atoms with Crippen molar-refractivity contribution in [3.8, 4) is 0 Å². The fourth-order valence-electron chi connectivity index (χ4n) is 0.697. The molecule has 1 N–H and O–H groups in total. The van der Waals surface area contributed by atoms with Gasteiger partial charge in [-0.2, -0.15) is 0 Å². The highest BCUT2D eigenvalue weighted by molar-refractivity contribution is 7.96. The summed E-state index contributed by atoms with van der Waals surface area (Å²) in [5.74, 6) is -0.520. The predicted molar refractivity (Wildman–Crippen MR) is 49.4 cm³/mol. The van der Waals surface area contributed by atoms with Gasteiger partial charge in [-0.25, -0.2) is 4.39 Å². The van der Waals surface area contributed by atoms with Gasteiger partial charge < -0.3 is 5.32 Å². The third kappa shape index (κ3) is 2.39. The molecule has 64 valence electrons. The normalized spacial score (nSPS) is 9.58. The molecule has 12 heavy (non-hydrogen) atoms. The average Bonchev–Trinajstić information content (AvgIpc) is 1.96. The molecule has 1 aromatic carbocycles. The largest absolute Gasteiger partial charge is 0.317 e. The Morgan fingerprint density at radius 3 is 2.75 bits per heavy atom. The van der Waals surface area contributed by atoms with Crippen molar-refractivity contribution in [2.45, 2.75) is 0 Å². The smallest absolute Gasteiger partial charge is 0.280 e. The number of hydrogen-bond donors (Lipinski definition) is 2. The first kappa shape index (κ1) is 9.35. The average molecular weight is 206 g/mol. The van der Waals surface area contributed by atoms with E-state index in [0.29, 0.717) is 5.69 Å². The van der Waals surface area contributed by atoms with Crippen LogP contribution >= 0.6 is 24.2 Å². The molecule has 2 nitrogen and oxygen atoms in total. The molecule has 0 unspecified atom stereocenters. The Balaban J connectivity index is 2.89. The molecule has 1 aromatic rings. The van der Waals surface area contributed by atoms with Crippen LogP contribution in [0.15, 0.2) is 18.2 Å². The summed E-state index contributed by atoms with van der Waals surface area (Å²) in [6.45, 7) is 0. The first-order chi connectivity index (χ1) is 5.59. The summed E-state index contributed by atoms with van der Waals surface area (Å²) in [6, 6.07) is 3.88. The summed E-state index contributed by atoms with van der Waals surface area (Å²) in [6.07, 6.45) is 0. The lowest BCUT2D eigenvalue weighted by molar-refractivity contribution is 0.270. The SMILES string of the molecule is O=C(S)Nc1ccc(F)c(Cl)c1. The van der Waals surface area contributed by atoms with Crippen LogP contribution in [-0.2, 0) is 0 Å². The van der Waals surface area contributed by atoms with E-state index in [2.05, 4.69) is 17.9 Å². The summed E-state index contributed by atoms with van der Waals surface area (Å²) in [5.41, 5.74) is 0.418. The summed E-state index contributed by atoms with van der Waals surface area (Å²) in [5, 5.41) is 1.80. The number of hydrogen-bond acceptors (Lipinski definition) is 1. The topological polar surface area (TPSA) is 29.1 Å². The van der Waals surface area contributed by atoms with Crippen LogP contribution < -0.4 is 5.32 Å². The fraction of sp³-hybridized carbons (Fsp3) is 0. The van der Waals surface area contributed by atoms with Crippen LogP contribution in [0.1, 0.15) is 0 Å². The molecular weight excluding hydrogens is 201 g/mol. The number of amides is 1. The zero-order valence-corrected chi connectivity index (χ0v) is 7.49. The quantitative estimate of drug-likeness (QED) is 0.679. The van der Waals surface area contributed by atoms with Gasteiger partial charge in [-0.3, -0.25) is 4.79 Å². The summed E-state index contributed by atoms with van der Waals surface area (Å²) in [7, 11) is 0. The van der Waals surface area contributed by atoms with Crippen molar-refractivity contribution in [1.29, 1.82) is 0 Å². The number of carbonyl (C=O) groups is 1. The van der Waals surface area contributed by atoms with E-state index in [4.69, 9.17) is 11.6 Å². The van der Waals surface area contributed by atoms with Crippen molar-refractivity contribution in [2.24, 2.45) is 0 Å². The summed E-state index contributed by atoms with van der Waals surface area (Å²) < 4.78 is 12.6. The van der Waals surface area contributed by atoms with E-state index >= 15 is 0 Å². The highest BCUT2D eigenvalue weighted by Crippen LogP contribution is 2.19. The Bertz CT molecular complexity index is 318. The zero-order chi connectivity index (χ0) is 9.14. The minimum absolute atomic E-state index is 0.0328. The molecule has 0 saturated heterocycles. The zero-order valence-electron chi connectivity index (χ0n) is 5.84. The third-order valence-corrected chi connectivity index (χ3v) is 1.57. The van der Waals surface area contributed by atoms with Gasteiger partial charge in [0.2, 0.25) is 0 Å². The molecule has 1 rings (SSSR count). The number of rotatable bonds is 1. The van der Waals surface area contributed by atoms with Crippen molar-refractivity contribution in [1.82, 2.24) is 0 Å². The van der Waals surface area contributed by atoms with Crippen molar-refractivity contribution in [2.75, 3.05) is 5.32 Å². The van der Waals surface area contributed by atoms with Crippen LogP contribution in [0.2, 0.25) is 5.02 Å². The molecule has 0 aliphatic carbocycles. The van der Waals surface area contributed by atoms with Crippen LogP contribution in [0.5, 0.6) is 0 Å². The first-order valence-corrected chi connectivity index (χ1v) is 3.87. The summed E-state index contributed by atoms with van der Waals surface area (Å²) in [4.78, 5) is 10.4. The number of carbonyl (C=O) groups excluding carboxylic acids is 1. The van der Waals surface area contributed by atoms with E-state index in [1.807, 2.05) is 0 Å². The standard InChI is InChI=1S/C7H5ClFNOS/c8-5-3-4(10-7(11)12)1-2-6(5)9/h1-3H,(H2,10,11,12). The highest BCUT2D eigenvalue weighted by atomic mass is 35.5. The molecular formula is C7H5ClFNOS. The lowest BCUT2D eigenvalue weighted by Crippen LogP contribution is -2.00. The van der Waals surface area contributed by atoms with Gasteiger partial charge in [0.05, 0.1) is 5.02 Å². The number of halogens is 2. The minimum Gasteiger partial charge on any atom is -0.317 e. The molecule has 5 heteroatoms. The van der Waals surface area contributed by atoms with E-state index in [0.717, 1.165) is 0 Å². The maximum absolute atomic E-state index is 12.6. The molecule has 0 aromatic heterocycles. The number of nitrogens with one attached hydrogen (secondary N) is 1. The Labute approximate surface area is 79.1 Å². The van der Waals surface area contributed by atoms with E-state index in [1.165, 1.54) is 18.2 Å². The minimum atomic E-state index is -0.520. The number of benzene rings is 1. The van der Waals surface area contributed by atoms with Crippen molar-refractivity contribution < 1.29 is 9.18 Å². The predicted octanol–water partition coefficient (Wildman–Crippen LogP) is 2.94. The lowest BCUT2D eigenvalue weighted by Gasteiger charge is -2.01. The Morgan fingerprint density at radius 2 is 2.25 bits per heavy atom. The van der Waals surface area contributed by atoms with Crippen molar-refractivity contribution in [3.63, 3.8) is 0 Å². The second-order valence-electron chi connectivity index (χ2n) is 2.06. The van der Waals surface area contributed by atoms with Crippen molar-refractivity contribution in [3.05, 3.63) is 29.0 Å². The third-order valence-electron chi connectivity index (χ3n) is 1.17. The molecule has 0 saturated carbocycles. The van der Waals surface area contributed by atoms with Crippen LogP contribution in [0.3, 0.4) is 0 Å². The van der Waals surface area contributed by atoms with Gasteiger partial charge in [-0.1, -0.05) is 24.2 Å². The van der Waals surface area contributed by atoms with E-state index in [-0.39, 0.29) is 5.02 Å². The Morgan fingerprint density at radius 1 is 1.58 bits per heavy atom. The Hall–Kier alpha value is -0.740. The molecule has 0 bridgehead atoms. The van der Waals surface area contributed by atoms with Crippen LogP contribution in [0.25, 0.3) is 0 Å². The molecule has 1 amide bonds. The second kappa shape index (κ2) is 3.78. The molecule has 0 atom stereocenters. The molecule has 0 aliphatic rings. The van der Waals surface area contributed by atoms with Crippen molar-refractivity contribution >= 4 is 35.2 Å². The van der Waals surface area contributed by atoms with Gasteiger partial charge in [-0.15, -0.1) is 0 Å². The molecule has 0 radical (unpaired) electrons. The monoisotopic (exact) mass is 205 g/mol. The molecule has 0 fully saturated rings. The van der Waals surface area contributed by atoms with Gasteiger partial charge in [0.15, 0.2) is 0 Å². The van der Waals surface area contributed by atoms with E-state index in [9.17, 15) is 9.18 Å². The maximum Gasteiger partial charge on any atom is 0.280 e. The second-order valence-corrected chi connectivity index (χ2v) is 2.87. The van der Waals surface area contributed by atoms with Gasteiger partial charge in [0.1, 0.15) is 5.82 Å². The van der Waals surface area contributed by atoms with Crippen LogP contribution in [0, 0.1) is 5.82 Å². The lowest BCUT2D eigenvalue weighted by atomic mass is 10.3. The highest BCUT2D eigenvalue weighted by Gasteiger charge is 2.01. The molecule has 0 aliphatic heterocycles. The summed E-state index contributed by atoms with van der Waals surface area (Å²) >= 11 is 8.93. The Kier molecular flexibility index (Phi) is 2.94. The molecule has 0 spiro atoms. The van der Waals surface area contributed by atoms with Gasteiger partial charge in [0, 0.05) is 5.69 Å². The first-order valence-electron chi connectivity index (χ1n) is 3.04. The molecule has 0 heterocycles. The van der Waals surface area contributed by atoms with Gasteiger partial charge in [0.25, 0.3) is 5.24 Å². The number of thiol groups is 1. The van der Waals surface area contributed by atoms with Gasteiger partial charge in [-0.05, 0) is 18.2 Å². The fourth-order valence-corrected chi connectivity index (χ4v) is 1.01.